The summed E-state index contributed by atoms with van der Waals surface area (Å²) < 4.78 is 13.9. The summed E-state index contributed by atoms with van der Waals surface area (Å²) in [4.78, 5) is 0. The number of hydrogen-bond acceptors (Lipinski definition) is 2. The van der Waals surface area contributed by atoms with Gasteiger partial charge in [0, 0.05) is 0 Å². The van der Waals surface area contributed by atoms with Gasteiger partial charge in [-0.25, -0.2) is 0 Å². The molecule has 36 heavy (non-hydrogen) atoms. The molecule has 5 rings (SSSR count). The molecule has 0 saturated heterocycles. The van der Waals surface area contributed by atoms with Crippen LogP contribution in [0.5, 0.6) is 11.5 Å². The summed E-state index contributed by atoms with van der Waals surface area (Å²) in [5.41, 5.74) is 1.21. The Balaban J connectivity index is 1.99. The molecule has 0 aliphatic rings. The van der Waals surface area contributed by atoms with Crippen LogP contribution in [0.1, 0.15) is 12.5 Å². The summed E-state index contributed by atoms with van der Waals surface area (Å²) in [6.07, 6.45) is 0.694. The van der Waals surface area contributed by atoms with Crippen LogP contribution in [0.2, 0.25) is 0 Å². The van der Waals surface area contributed by atoms with Gasteiger partial charge < -0.3 is 0 Å². The normalized spacial score (nSPS) is 12.3. The number of benzene rings is 5. The molecule has 0 N–H and O–H groups in total. The first-order valence-electron chi connectivity index (χ1n) is 12.4. The Morgan fingerprint density at radius 1 is 0.528 bits per heavy atom. The molecule has 5 aromatic carbocycles. The third kappa shape index (κ3) is 4.19. The van der Waals surface area contributed by atoms with Crippen LogP contribution in [0.25, 0.3) is 0 Å². The Hall–Kier alpha value is -3.87. The first-order valence-corrected chi connectivity index (χ1v) is 14.7. The van der Waals surface area contributed by atoms with Gasteiger partial charge in [-0.2, -0.15) is 0 Å². The van der Waals surface area contributed by atoms with E-state index < -0.39 is 6.83 Å². The van der Waals surface area contributed by atoms with Crippen molar-refractivity contribution in [2.75, 3.05) is 6.61 Å². The predicted octanol–water partition coefficient (Wildman–Crippen LogP) is 7.11. The van der Waals surface area contributed by atoms with E-state index in [4.69, 9.17) is 9.26 Å². The predicted molar refractivity (Wildman–Crippen MR) is 154 cm³/mol. The summed E-state index contributed by atoms with van der Waals surface area (Å²) in [5, 5.41) is 3.42. The first-order chi connectivity index (χ1) is 17.8. The molecule has 2 nitrogen and oxygen atoms in total. The summed E-state index contributed by atoms with van der Waals surface area (Å²) in [7, 11) is 0. The van der Waals surface area contributed by atoms with Crippen LogP contribution >= 0.6 is 6.83 Å². The van der Waals surface area contributed by atoms with E-state index in [1.807, 2.05) is 31.2 Å². The summed E-state index contributed by atoms with van der Waals surface area (Å²) in [5.74, 6) is 1.70. The van der Waals surface area contributed by atoms with Crippen LogP contribution in [-0.2, 0) is 6.16 Å². The Kier molecular flexibility index (Phi) is 6.89. The molecule has 0 radical (unpaired) electrons. The molecule has 0 aromatic heterocycles. The molecule has 0 fully saturated rings. The minimum absolute atomic E-state index is 0.573. The molecule has 0 bridgehead atoms. The quantitative estimate of drug-likeness (QED) is 0.205. The number of rotatable bonds is 9. The third-order valence-electron chi connectivity index (χ3n) is 6.66. The molecule has 0 aliphatic heterocycles. The number of para-hydroxylation sites is 2. The SMILES string of the molecule is CCOc1ccccc1P(Cc1ccccc1)(Oc1ccccc1)(c1ccccc1)c1ccccc1. The van der Waals surface area contributed by atoms with E-state index in [0.717, 1.165) is 27.4 Å². The van der Waals surface area contributed by atoms with Gasteiger partial charge in [-0.15, -0.1) is 0 Å². The van der Waals surface area contributed by atoms with Crippen LogP contribution < -0.4 is 25.2 Å². The summed E-state index contributed by atoms with van der Waals surface area (Å²) >= 11 is 0. The standard InChI is InChI=1S/C33H31O2P/c1-2-34-32-25-15-16-26-33(32)36(30-21-11-5-12-22-30,31-23-13-6-14-24-31,27-28-17-7-3-8-18-28)35-29-19-9-4-10-20-29/h3-26H,2,27H2,1H3. The number of ether oxygens (including phenoxy) is 1. The zero-order valence-corrected chi connectivity index (χ0v) is 21.4. The van der Waals surface area contributed by atoms with Crippen molar-refractivity contribution in [3.8, 4) is 11.5 Å². The third-order valence-corrected chi connectivity index (χ3v) is 12.4. The zero-order chi connectivity index (χ0) is 24.7. The van der Waals surface area contributed by atoms with Gasteiger partial charge in [0.15, 0.2) is 0 Å². The van der Waals surface area contributed by atoms with Crippen molar-refractivity contribution in [3.63, 3.8) is 0 Å². The average molecular weight is 491 g/mol. The van der Waals surface area contributed by atoms with Crippen molar-refractivity contribution in [2.45, 2.75) is 13.1 Å². The fraction of sp³-hybridized carbons (Fsp3) is 0.0909. The van der Waals surface area contributed by atoms with Gasteiger partial charge in [0.05, 0.1) is 0 Å². The minimum atomic E-state index is -3.70. The van der Waals surface area contributed by atoms with E-state index in [1.54, 1.807) is 0 Å². The van der Waals surface area contributed by atoms with Crippen molar-refractivity contribution < 1.29 is 9.26 Å². The monoisotopic (exact) mass is 490 g/mol. The first kappa shape index (κ1) is 23.9. The van der Waals surface area contributed by atoms with E-state index in [-0.39, 0.29) is 0 Å². The molecule has 0 spiro atoms. The fourth-order valence-electron chi connectivity index (χ4n) is 5.14. The summed E-state index contributed by atoms with van der Waals surface area (Å²) in [6, 6.07) is 50.8. The fourth-order valence-corrected chi connectivity index (χ4v) is 11.0. The van der Waals surface area contributed by atoms with E-state index in [1.165, 1.54) is 5.56 Å². The van der Waals surface area contributed by atoms with Crippen LogP contribution in [0.4, 0.5) is 0 Å². The molecule has 0 aliphatic carbocycles. The van der Waals surface area contributed by atoms with Crippen LogP contribution in [-0.4, -0.2) is 6.61 Å². The van der Waals surface area contributed by atoms with Crippen molar-refractivity contribution >= 4 is 22.7 Å². The topological polar surface area (TPSA) is 18.5 Å². The van der Waals surface area contributed by atoms with E-state index >= 15 is 0 Å². The van der Waals surface area contributed by atoms with Crippen molar-refractivity contribution in [1.29, 1.82) is 0 Å². The van der Waals surface area contributed by atoms with Crippen molar-refractivity contribution in [1.82, 2.24) is 0 Å². The van der Waals surface area contributed by atoms with Gasteiger partial charge in [0.1, 0.15) is 0 Å². The van der Waals surface area contributed by atoms with E-state index in [9.17, 15) is 0 Å². The second-order valence-corrected chi connectivity index (χ2v) is 13.3. The summed E-state index contributed by atoms with van der Waals surface area (Å²) in [6.45, 7) is -1.09. The van der Waals surface area contributed by atoms with Crippen molar-refractivity contribution in [2.24, 2.45) is 0 Å². The van der Waals surface area contributed by atoms with Gasteiger partial charge in [-0.1, -0.05) is 0 Å². The van der Waals surface area contributed by atoms with E-state index in [0.29, 0.717) is 12.8 Å². The second kappa shape index (κ2) is 10.4. The molecular weight excluding hydrogens is 459 g/mol. The van der Waals surface area contributed by atoms with Gasteiger partial charge in [0.2, 0.25) is 0 Å². The maximum absolute atomic E-state index is 7.59. The Bertz CT molecular complexity index is 1300. The van der Waals surface area contributed by atoms with Crippen LogP contribution in [0.15, 0.2) is 146 Å². The molecule has 0 heterocycles. The van der Waals surface area contributed by atoms with Crippen LogP contribution in [0, 0.1) is 0 Å². The molecule has 0 atom stereocenters. The molecule has 0 unspecified atom stereocenters. The van der Waals surface area contributed by atoms with Gasteiger partial charge in [0.25, 0.3) is 0 Å². The van der Waals surface area contributed by atoms with Crippen molar-refractivity contribution in [3.05, 3.63) is 151 Å². The van der Waals surface area contributed by atoms with Gasteiger partial charge in [-0.3, -0.25) is 0 Å². The maximum atomic E-state index is 7.59. The van der Waals surface area contributed by atoms with Gasteiger partial charge in [-0.05, 0) is 0 Å². The molecule has 0 saturated carbocycles. The molecule has 5 aromatic rings. The molecule has 3 heteroatoms. The molecule has 0 amide bonds. The molecule has 180 valence electrons. The van der Waals surface area contributed by atoms with E-state index in [2.05, 4.69) is 121 Å². The average Bonchev–Trinajstić information content (AvgIpc) is 2.95. The Morgan fingerprint density at radius 2 is 1.00 bits per heavy atom. The Labute approximate surface area is 214 Å². The second-order valence-electron chi connectivity index (χ2n) is 8.83. The Morgan fingerprint density at radius 3 is 1.56 bits per heavy atom. The number of hydrogen-bond donors (Lipinski definition) is 0. The van der Waals surface area contributed by atoms with Crippen LogP contribution in [0.3, 0.4) is 0 Å². The zero-order valence-electron chi connectivity index (χ0n) is 20.5. The molecular formula is C33H31O2P. The van der Waals surface area contributed by atoms with Gasteiger partial charge >= 0.3 is 214 Å².